The molecule has 1 aliphatic carbocycles. The van der Waals surface area contributed by atoms with E-state index >= 15 is 0 Å². The Labute approximate surface area is 93.1 Å². The Kier molecular flexibility index (Phi) is 6.66. The fourth-order valence-corrected chi connectivity index (χ4v) is 2.36. The third kappa shape index (κ3) is 5.93. The monoisotopic (exact) mass is 212 g/mol. The minimum absolute atomic E-state index is 0.128. The van der Waals surface area contributed by atoms with E-state index in [4.69, 9.17) is 0 Å². The number of carbonyl (C=O) groups is 1. The van der Waals surface area contributed by atoms with Crippen LogP contribution in [0.3, 0.4) is 0 Å². The molecule has 1 N–H and O–H groups in total. The van der Waals surface area contributed by atoms with Gasteiger partial charge < -0.3 is 9.90 Å². The summed E-state index contributed by atoms with van der Waals surface area (Å²) in [6.07, 6.45) is 12.0. The number of carbonyl (C=O) groups excluding carboxylic acids is 1. The van der Waals surface area contributed by atoms with E-state index in [1.165, 1.54) is 25.7 Å². The maximum Gasteiger partial charge on any atom is 0.123 e. The summed E-state index contributed by atoms with van der Waals surface area (Å²) >= 11 is 0. The summed E-state index contributed by atoms with van der Waals surface area (Å²) in [5.41, 5.74) is 0. The van der Waals surface area contributed by atoms with Gasteiger partial charge in [0.05, 0.1) is 6.10 Å². The summed E-state index contributed by atoms with van der Waals surface area (Å²) < 4.78 is 0. The lowest BCUT2D eigenvalue weighted by Gasteiger charge is -2.14. The first-order chi connectivity index (χ1) is 7.33. The van der Waals surface area contributed by atoms with E-state index in [9.17, 15) is 9.90 Å². The molecule has 15 heavy (non-hydrogen) atoms. The highest BCUT2D eigenvalue weighted by molar-refractivity contribution is 5.53. The van der Waals surface area contributed by atoms with Crippen LogP contribution in [-0.2, 0) is 4.79 Å². The molecule has 2 nitrogen and oxygen atoms in total. The molecule has 0 aliphatic heterocycles. The SMILES string of the molecule is O=CC1CCCCCCCC(O)CCC1. The Balaban J connectivity index is 2.29. The Morgan fingerprint density at radius 2 is 1.33 bits per heavy atom. The van der Waals surface area contributed by atoms with Gasteiger partial charge in [0, 0.05) is 5.92 Å². The third-order valence-corrected chi connectivity index (χ3v) is 3.42. The predicted octanol–water partition coefficient (Wildman–Crippen LogP) is 3.08. The molecular weight excluding hydrogens is 188 g/mol. The van der Waals surface area contributed by atoms with Crippen molar-refractivity contribution < 1.29 is 9.90 Å². The molecule has 0 spiro atoms. The Hall–Kier alpha value is -0.370. The van der Waals surface area contributed by atoms with E-state index in [2.05, 4.69) is 0 Å². The zero-order valence-electron chi connectivity index (χ0n) is 9.66. The van der Waals surface area contributed by atoms with Gasteiger partial charge in [-0.2, -0.15) is 0 Å². The van der Waals surface area contributed by atoms with Crippen LogP contribution in [0.4, 0.5) is 0 Å². The minimum Gasteiger partial charge on any atom is -0.393 e. The van der Waals surface area contributed by atoms with Gasteiger partial charge in [0.2, 0.25) is 0 Å². The Bertz CT molecular complexity index is 168. The van der Waals surface area contributed by atoms with Gasteiger partial charge >= 0.3 is 0 Å². The molecule has 1 aliphatic rings. The fourth-order valence-electron chi connectivity index (χ4n) is 2.36. The standard InChI is InChI=1S/C13H24O2/c14-11-12-7-4-2-1-3-5-9-13(15)10-6-8-12/h11-13,15H,1-10H2. The summed E-state index contributed by atoms with van der Waals surface area (Å²) in [7, 11) is 0. The summed E-state index contributed by atoms with van der Waals surface area (Å²) in [6, 6.07) is 0. The maximum atomic E-state index is 10.8. The van der Waals surface area contributed by atoms with Crippen molar-refractivity contribution in [3.8, 4) is 0 Å². The number of rotatable bonds is 1. The van der Waals surface area contributed by atoms with Gasteiger partial charge in [-0.05, 0) is 25.7 Å². The van der Waals surface area contributed by atoms with Crippen LogP contribution < -0.4 is 0 Å². The van der Waals surface area contributed by atoms with E-state index < -0.39 is 0 Å². The molecule has 0 aromatic rings. The summed E-state index contributed by atoms with van der Waals surface area (Å²) in [5.74, 6) is 0.247. The van der Waals surface area contributed by atoms with Crippen LogP contribution in [0, 0.1) is 5.92 Å². The second-order valence-corrected chi connectivity index (χ2v) is 4.83. The van der Waals surface area contributed by atoms with Crippen LogP contribution in [0.15, 0.2) is 0 Å². The molecule has 0 aromatic heterocycles. The van der Waals surface area contributed by atoms with E-state index in [0.29, 0.717) is 0 Å². The minimum atomic E-state index is -0.128. The molecule has 1 fully saturated rings. The van der Waals surface area contributed by atoms with Crippen molar-refractivity contribution in [3.05, 3.63) is 0 Å². The van der Waals surface area contributed by atoms with Crippen LogP contribution in [0.1, 0.15) is 64.2 Å². The van der Waals surface area contributed by atoms with Gasteiger partial charge in [0.1, 0.15) is 6.29 Å². The van der Waals surface area contributed by atoms with Gasteiger partial charge in [-0.25, -0.2) is 0 Å². The highest BCUT2D eigenvalue weighted by Gasteiger charge is 2.10. The molecule has 1 rings (SSSR count). The summed E-state index contributed by atoms with van der Waals surface area (Å²) in [5, 5.41) is 9.66. The first-order valence-electron chi connectivity index (χ1n) is 6.46. The lowest BCUT2D eigenvalue weighted by Crippen LogP contribution is -2.09. The number of hydrogen-bond acceptors (Lipinski definition) is 2. The largest absolute Gasteiger partial charge is 0.393 e. The van der Waals surface area contributed by atoms with Crippen molar-refractivity contribution >= 4 is 6.29 Å². The molecule has 0 bridgehead atoms. The molecule has 2 unspecified atom stereocenters. The zero-order chi connectivity index (χ0) is 10.9. The predicted molar refractivity (Wildman–Crippen MR) is 61.7 cm³/mol. The van der Waals surface area contributed by atoms with E-state index in [1.807, 2.05) is 0 Å². The van der Waals surface area contributed by atoms with Crippen molar-refractivity contribution in [2.45, 2.75) is 70.3 Å². The first kappa shape index (κ1) is 12.7. The van der Waals surface area contributed by atoms with Gasteiger partial charge in [0.15, 0.2) is 0 Å². The normalized spacial score (nSPS) is 31.3. The zero-order valence-corrected chi connectivity index (χ0v) is 9.66. The number of aldehydes is 1. The highest BCUT2D eigenvalue weighted by atomic mass is 16.3. The van der Waals surface area contributed by atoms with Crippen molar-refractivity contribution in [2.24, 2.45) is 5.92 Å². The summed E-state index contributed by atoms with van der Waals surface area (Å²) in [6.45, 7) is 0. The van der Waals surface area contributed by atoms with E-state index in [-0.39, 0.29) is 12.0 Å². The molecule has 0 saturated heterocycles. The molecule has 1 saturated carbocycles. The van der Waals surface area contributed by atoms with Gasteiger partial charge in [0.25, 0.3) is 0 Å². The molecule has 2 heteroatoms. The van der Waals surface area contributed by atoms with E-state index in [0.717, 1.165) is 44.8 Å². The Morgan fingerprint density at radius 3 is 2.07 bits per heavy atom. The van der Waals surface area contributed by atoms with Crippen LogP contribution in [0.2, 0.25) is 0 Å². The van der Waals surface area contributed by atoms with Crippen molar-refractivity contribution in [1.82, 2.24) is 0 Å². The van der Waals surface area contributed by atoms with E-state index in [1.54, 1.807) is 0 Å². The molecule has 88 valence electrons. The highest BCUT2D eigenvalue weighted by Crippen LogP contribution is 2.19. The first-order valence-corrected chi connectivity index (χ1v) is 6.46. The van der Waals surface area contributed by atoms with Crippen molar-refractivity contribution in [2.75, 3.05) is 0 Å². The smallest absolute Gasteiger partial charge is 0.123 e. The number of aliphatic hydroxyl groups excluding tert-OH is 1. The second-order valence-electron chi connectivity index (χ2n) is 4.83. The molecule has 0 heterocycles. The maximum absolute atomic E-state index is 10.8. The van der Waals surface area contributed by atoms with Crippen LogP contribution >= 0.6 is 0 Å². The lowest BCUT2D eigenvalue weighted by molar-refractivity contribution is -0.111. The fraction of sp³-hybridized carbons (Fsp3) is 0.923. The number of hydrogen-bond donors (Lipinski definition) is 1. The van der Waals surface area contributed by atoms with Gasteiger partial charge in [-0.3, -0.25) is 0 Å². The molecule has 2 atom stereocenters. The topological polar surface area (TPSA) is 37.3 Å². The second kappa shape index (κ2) is 7.86. The molecule has 0 radical (unpaired) electrons. The average Bonchev–Trinajstić information content (AvgIpc) is 2.23. The quantitative estimate of drug-likeness (QED) is 0.678. The molecule has 0 aromatic carbocycles. The summed E-state index contributed by atoms with van der Waals surface area (Å²) in [4.78, 5) is 10.8. The van der Waals surface area contributed by atoms with Gasteiger partial charge in [-0.15, -0.1) is 0 Å². The molecule has 0 amide bonds. The molecular formula is C13H24O2. The van der Waals surface area contributed by atoms with Crippen molar-refractivity contribution in [1.29, 1.82) is 0 Å². The number of aliphatic hydroxyl groups is 1. The van der Waals surface area contributed by atoms with Crippen LogP contribution in [-0.4, -0.2) is 17.5 Å². The third-order valence-electron chi connectivity index (χ3n) is 3.42. The van der Waals surface area contributed by atoms with Crippen LogP contribution in [0.25, 0.3) is 0 Å². The average molecular weight is 212 g/mol. The van der Waals surface area contributed by atoms with Crippen molar-refractivity contribution in [3.63, 3.8) is 0 Å². The lowest BCUT2D eigenvalue weighted by atomic mass is 9.93. The van der Waals surface area contributed by atoms with Gasteiger partial charge in [-0.1, -0.05) is 38.5 Å². The Morgan fingerprint density at radius 1 is 0.800 bits per heavy atom. The van der Waals surface area contributed by atoms with Crippen LogP contribution in [0.5, 0.6) is 0 Å².